The SMILES string of the molecule is CCN(CC(F)(F)F)C(=O)c1ccc(Br)cc1S. The van der Waals surface area contributed by atoms with Gasteiger partial charge in [-0.3, -0.25) is 4.79 Å². The Morgan fingerprint density at radius 2 is 2.06 bits per heavy atom. The van der Waals surface area contributed by atoms with Crippen LogP contribution in [0.15, 0.2) is 27.6 Å². The van der Waals surface area contributed by atoms with Crippen LogP contribution in [0, 0.1) is 0 Å². The standard InChI is InChI=1S/C11H11BrF3NOS/c1-2-16(6-11(13,14)15)10(17)8-4-3-7(12)5-9(8)18/h3-5,18H,2,6H2,1H3. The third kappa shape index (κ3) is 4.20. The molecule has 0 saturated heterocycles. The smallest absolute Gasteiger partial charge is 0.330 e. The van der Waals surface area contributed by atoms with Crippen molar-refractivity contribution in [1.29, 1.82) is 0 Å². The van der Waals surface area contributed by atoms with Crippen molar-refractivity contribution in [3.8, 4) is 0 Å². The van der Waals surface area contributed by atoms with E-state index in [4.69, 9.17) is 0 Å². The average molecular weight is 342 g/mol. The molecular weight excluding hydrogens is 331 g/mol. The van der Waals surface area contributed by atoms with Crippen LogP contribution >= 0.6 is 28.6 Å². The number of nitrogens with zero attached hydrogens (tertiary/aromatic N) is 1. The number of carbonyl (C=O) groups excluding carboxylic acids is 1. The molecule has 0 atom stereocenters. The number of hydrogen-bond acceptors (Lipinski definition) is 2. The molecule has 0 N–H and O–H groups in total. The van der Waals surface area contributed by atoms with Crippen LogP contribution in [0.5, 0.6) is 0 Å². The lowest BCUT2D eigenvalue weighted by Gasteiger charge is -2.23. The zero-order valence-corrected chi connectivity index (χ0v) is 11.9. The predicted molar refractivity (Wildman–Crippen MR) is 69.0 cm³/mol. The molecule has 0 radical (unpaired) electrons. The van der Waals surface area contributed by atoms with Gasteiger partial charge in [0.15, 0.2) is 0 Å². The molecular formula is C11H11BrF3NOS. The maximum absolute atomic E-state index is 12.3. The van der Waals surface area contributed by atoms with Gasteiger partial charge in [-0.25, -0.2) is 0 Å². The summed E-state index contributed by atoms with van der Waals surface area (Å²) in [6, 6.07) is 4.61. The summed E-state index contributed by atoms with van der Waals surface area (Å²) in [7, 11) is 0. The zero-order valence-electron chi connectivity index (χ0n) is 9.46. The summed E-state index contributed by atoms with van der Waals surface area (Å²) < 4.78 is 37.6. The van der Waals surface area contributed by atoms with Gasteiger partial charge in [0, 0.05) is 15.9 Å². The van der Waals surface area contributed by atoms with Crippen molar-refractivity contribution in [3.63, 3.8) is 0 Å². The van der Waals surface area contributed by atoms with Crippen LogP contribution in [0.25, 0.3) is 0 Å². The summed E-state index contributed by atoms with van der Waals surface area (Å²) in [4.78, 5) is 13.0. The second-order valence-corrected chi connectivity index (χ2v) is 4.99. The Hall–Kier alpha value is -0.690. The molecule has 0 unspecified atom stereocenters. The van der Waals surface area contributed by atoms with Crippen molar-refractivity contribution in [2.75, 3.05) is 13.1 Å². The highest BCUT2D eigenvalue weighted by Gasteiger charge is 2.33. The third-order valence-corrected chi connectivity index (χ3v) is 3.09. The second kappa shape index (κ2) is 5.97. The maximum Gasteiger partial charge on any atom is 0.406 e. The van der Waals surface area contributed by atoms with Gasteiger partial charge in [0.2, 0.25) is 0 Å². The molecule has 0 aliphatic rings. The van der Waals surface area contributed by atoms with Crippen LogP contribution in [0.2, 0.25) is 0 Å². The van der Waals surface area contributed by atoms with Crippen molar-refractivity contribution in [1.82, 2.24) is 4.90 Å². The number of amides is 1. The van der Waals surface area contributed by atoms with E-state index in [-0.39, 0.29) is 12.1 Å². The quantitative estimate of drug-likeness (QED) is 0.830. The van der Waals surface area contributed by atoms with Crippen molar-refractivity contribution >= 4 is 34.5 Å². The van der Waals surface area contributed by atoms with Gasteiger partial charge in [-0.05, 0) is 25.1 Å². The topological polar surface area (TPSA) is 20.3 Å². The number of benzene rings is 1. The van der Waals surface area contributed by atoms with Crippen molar-refractivity contribution in [3.05, 3.63) is 28.2 Å². The first-order valence-corrected chi connectivity index (χ1v) is 6.33. The summed E-state index contributed by atoms with van der Waals surface area (Å²) in [5, 5.41) is 0. The maximum atomic E-state index is 12.3. The van der Waals surface area contributed by atoms with Gasteiger partial charge in [0.05, 0.1) is 5.56 Å². The number of alkyl halides is 3. The molecule has 18 heavy (non-hydrogen) atoms. The molecule has 1 aromatic rings. The minimum Gasteiger partial charge on any atom is -0.330 e. The number of hydrogen-bond donors (Lipinski definition) is 1. The fourth-order valence-corrected chi connectivity index (χ4v) is 2.25. The summed E-state index contributed by atoms with van der Waals surface area (Å²) in [5.74, 6) is -0.674. The second-order valence-electron chi connectivity index (χ2n) is 3.60. The summed E-state index contributed by atoms with van der Waals surface area (Å²) in [6.07, 6.45) is -4.40. The van der Waals surface area contributed by atoms with E-state index in [0.29, 0.717) is 9.37 Å². The van der Waals surface area contributed by atoms with Gasteiger partial charge in [-0.2, -0.15) is 13.2 Å². The highest BCUT2D eigenvalue weighted by molar-refractivity contribution is 9.10. The van der Waals surface area contributed by atoms with Gasteiger partial charge < -0.3 is 4.90 Å². The minimum absolute atomic E-state index is 0.0123. The van der Waals surface area contributed by atoms with Gasteiger partial charge in [-0.1, -0.05) is 15.9 Å². The van der Waals surface area contributed by atoms with E-state index in [9.17, 15) is 18.0 Å². The highest BCUT2D eigenvalue weighted by atomic mass is 79.9. The highest BCUT2D eigenvalue weighted by Crippen LogP contribution is 2.23. The van der Waals surface area contributed by atoms with E-state index in [0.717, 1.165) is 4.90 Å². The van der Waals surface area contributed by atoms with Crippen LogP contribution in [-0.2, 0) is 0 Å². The Morgan fingerprint density at radius 3 is 2.50 bits per heavy atom. The Labute approximate surface area is 117 Å². The molecule has 1 rings (SSSR count). The molecule has 2 nitrogen and oxygen atoms in total. The first-order chi connectivity index (χ1) is 8.24. The molecule has 0 aromatic heterocycles. The predicted octanol–water partition coefficient (Wildman–Crippen LogP) is 3.76. The molecule has 0 heterocycles. The molecule has 100 valence electrons. The lowest BCUT2D eigenvalue weighted by molar-refractivity contribution is -0.140. The van der Waals surface area contributed by atoms with Crippen molar-refractivity contribution in [2.24, 2.45) is 0 Å². The summed E-state index contributed by atoms with van der Waals surface area (Å²) >= 11 is 7.29. The monoisotopic (exact) mass is 341 g/mol. The summed E-state index contributed by atoms with van der Waals surface area (Å²) in [5.41, 5.74) is 0.160. The fourth-order valence-electron chi connectivity index (χ4n) is 1.40. The average Bonchev–Trinajstić information content (AvgIpc) is 2.24. The Bertz CT molecular complexity index is 450. The molecule has 1 aromatic carbocycles. The molecule has 0 aliphatic heterocycles. The minimum atomic E-state index is -4.40. The molecule has 1 amide bonds. The first-order valence-electron chi connectivity index (χ1n) is 5.09. The number of carbonyl (C=O) groups is 1. The van der Waals surface area contributed by atoms with E-state index >= 15 is 0 Å². The van der Waals surface area contributed by atoms with E-state index in [1.807, 2.05) is 0 Å². The van der Waals surface area contributed by atoms with E-state index < -0.39 is 18.6 Å². The van der Waals surface area contributed by atoms with E-state index in [2.05, 4.69) is 28.6 Å². The van der Waals surface area contributed by atoms with Crippen LogP contribution in [-0.4, -0.2) is 30.1 Å². The zero-order chi connectivity index (χ0) is 13.9. The normalized spacial score (nSPS) is 11.4. The van der Waals surface area contributed by atoms with Crippen molar-refractivity contribution in [2.45, 2.75) is 18.0 Å². The molecule has 0 spiro atoms. The Kier molecular flexibility index (Phi) is 5.10. The van der Waals surface area contributed by atoms with E-state index in [1.165, 1.54) is 13.0 Å². The lowest BCUT2D eigenvalue weighted by atomic mass is 10.2. The molecule has 0 fully saturated rings. The van der Waals surface area contributed by atoms with Crippen LogP contribution in [0.4, 0.5) is 13.2 Å². The van der Waals surface area contributed by atoms with E-state index in [1.54, 1.807) is 12.1 Å². The summed E-state index contributed by atoms with van der Waals surface area (Å²) in [6.45, 7) is 0.230. The number of thiol groups is 1. The first kappa shape index (κ1) is 15.4. The van der Waals surface area contributed by atoms with Gasteiger partial charge in [0.25, 0.3) is 5.91 Å². The Balaban J connectivity index is 2.97. The van der Waals surface area contributed by atoms with Gasteiger partial charge in [-0.15, -0.1) is 12.6 Å². The third-order valence-electron chi connectivity index (χ3n) is 2.23. The van der Waals surface area contributed by atoms with Gasteiger partial charge in [0.1, 0.15) is 6.54 Å². The largest absolute Gasteiger partial charge is 0.406 e. The molecule has 0 aliphatic carbocycles. The van der Waals surface area contributed by atoms with Crippen LogP contribution in [0.1, 0.15) is 17.3 Å². The van der Waals surface area contributed by atoms with Gasteiger partial charge >= 0.3 is 6.18 Å². The molecule has 7 heteroatoms. The fraction of sp³-hybridized carbons (Fsp3) is 0.364. The number of halogens is 4. The van der Waals surface area contributed by atoms with Crippen LogP contribution in [0.3, 0.4) is 0 Å². The lowest BCUT2D eigenvalue weighted by Crippen LogP contribution is -2.38. The number of rotatable bonds is 3. The molecule has 0 saturated carbocycles. The Morgan fingerprint density at radius 1 is 1.44 bits per heavy atom. The molecule has 0 bridgehead atoms. The van der Waals surface area contributed by atoms with Crippen molar-refractivity contribution < 1.29 is 18.0 Å². The van der Waals surface area contributed by atoms with Crippen LogP contribution < -0.4 is 0 Å².